The molecule has 0 bridgehead atoms. The number of hydrogen-bond donors (Lipinski definition) is 1. The van der Waals surface area contributed by atoms with Gasteiger partial charge in [0.05, 0.1) is 0 Å². The van der Waals surface area contributed by atoms with Gasteiger partial charge in [-0.25, -0.2) is 0 Å². The third kappa shape index (κ3) is 3.32. The van der Waals surface area contributed by atoms with Crippen LogP contribution in [0.4, 0.5) is 0 Å². The molecule has 0 aromatic heterocycles. The van der Waals surface area contributed by atoms with Crippen molar-refractivity contribution >= 4 is 11.6 Å². The van der Waals surface area contributed by atoms with Crippen molar-refractivity contribution in [2.45, 2.75) is 57.4 Å². The van der Waals surface area contributed by atoms with Gasteiger partial charge in [0, 0.05) is 11.1 Å². The number of aryl methyl sites for hydroxylation is 1. The fraction of sp³-hybridized carbons (Fsp3) is 0.647. The molecule has 0 radical (unpaired) electrons. The van der Waals surface area contributed by atoms with Gasteiger partial charge in [-0.2, -0.15) is 0 Å². The van der Waals surface area contributed by atoms with Gasteiger partial charge < -0.3 is 5.32 Å². The highest BCUT2D eigenvalue weighted by molar-refractivity contribution is 6.30. The molecule has 0 amide bonds. The summed E-state index contributed by atoms with van der Waals surface area (Å²) in [6.45, 7) is 1.18. The van der Waals surface area contributed by atoms with Gasteiger partial charge >= 0.3 is 0 Å². The highest BCUT2D eigenvalue weighted by Gasteiger charge is 2.22. The molecule has 1 N–H and O–H groups in total. The number of halogens is 1. The van der Waals surface area contributed by atoms with E-state index < -0.39 is 0 Å². The van der Waals surface area contributed by atoms with Crippen LogP contribution in [0.1, 0.15) is 62.1 Å². The number of hydrogen-bond acceptors (Lipinski definition) is 1. The molecular weight excluding hydrogens is 254 g/mol. The average molecular weight is 278 g/mol. The van der Waals surface area contributed by atoms with Crippen LogP contribution >= 0.6 is 11.6 Å². The van der Waals surface area contributed by atoms with Crippen molar-refractivity contribution < 1.29 is 0 Å². The third-order valence-electron chi connectivity index (χ3n) is 4.85. The van der Waals surface area contributed by atoms with Crippen molar-refractivity contribution in [2.75, 3.05) is 6.54 Å². The SMILES string of the molecule is Clc1ccc2c(c1)CCC2NCCC1CCCCC1. The molecule has 1 saturated carbocycles. The van der Waals surface area contributed by atoms with E-state index in [1.54, 1.807) is 0 Å². The van der Waals surface area contributed by atoms with Crippen molar-refractivity contribution in [3.05, 3.63) is 34.3 Å². The molecule has 2 heteroatoms. The molecule has 1 aromatic rings. The zero-order chi connectivity index (χ0) is 13.1. The maximum absolute atomic E-state index is 6.06. The lowest BCUT2D eigenvalue weighted by atomic mass is 9.87. The number of rotatable bonds is 4. The summed E-state index contributed by atoms with van der Waals surface area (Å²) in [7, 11) is 0. The summed E-state index contributed by atoms with van der Waals surface area (Å²) in [5.41, 5.74) is 2.93. The zero-order valence-corrected chi connectivity index (χ0v) is 12.4. The first-order chi connectivity index (χ1) is 9.33. The number of benzene rings is 1. The van der Waals surface area contributed by atoms with Gasteiger partial charge in [0.2, 0.25) is 0 Å². The zero-order valence-electron chi connectivity index (χ0n) is 11.6. The number of nitrogens with one attached hydrogen (secondary N) is 1. The Labute approximate surface area is 121 Å². The number of fused-ring (bicyclic) bond motifs is 1. The largest absolute Gasteiger partial charge is 0.310 e. The summed E-state index contributed by atoms with van der Waals surface area (Å²) in [6.07, 6.45) is 11.1. The van der Waals surface area contributed by atoms with E-state index in [9.17, 15) is 0 Å². The van der Waals surface area contributed by atoms with E-state index in [1.807, 2.05) is 6.07 Å². The summed E-state index contributed by atoms with van der Waals surface area (Å²) in [5, 5.41) is 4.64. The molecular formula is C17H24ClN. The van der Waals surface area contributed by atoms with Gasteiger partial charge in [-0.05, 0) is 55.0 Å². The maximum atomic E-state index is 6.06. The predicted octanol–water partition coefficient (Wildman–Crippen LogP) is 4.89. The van der Waals surface area contributed by atoms with Gasteiger partial charge in [0.15, 0.2) is 0 Å². The van der Waals surface area contributed by atoms with Gasteiger partial charge in [-0.15, -0.1) is 0 Å². The fourth-order valence-corrected chi connectivity index (χ4v) is 3.93. The Kier molecular flexibility index (Phi) is 4.45. The van der Waals surface area contributed by atoms with E-state index in [1.165, 1.54) is 69.0 Å². The molecule has 3 rings (SSSR count). The van der Waals surface area contributed by atoms with Crippen LogP contribution in [-0.2, 0) is 6.42 Å². The highest BCUT2D eigenvalue weighted by Crippen LogP contribution is 2.33. The van der Waals surface area contributed by atoms with E-state index in [4.69, 9.17) is 11.6 Å². The van der Waals surface area contributed by atoms with Gasteiger partial charge in [-0.1, -0.05) is 49.8 Å². The van der Waals surface area contributed by atoms with Crippen molar-refractivity contribution in [1.82, 2.24) is 5.32 Å². The van der Waals surface area contributed by atoms with Crippen LogP contribution in [0.2, 0.25) is 5.02 Å². The molecule has 1 nitrogen and oxygen atoms in total. The van der Waals surface area contributed by atoms with Crippen molar-refractivity contribution in [1.29, 1.82) is 0 Å². The molecule has 0 saturated heterocycles. The summed E-state index contributed by atoms with van der Waals surface area (Å²) in [5.74, 6) is 0.979. The standard InChI is InChI=1S/C17H24ClN/c18-15-7-8-16-14(12-15)6-9-17(16)19-11-10-13-4-2-1-3-5-13/h7-8,12-13,17,19H,1-6,9-11H2. The lowest BCUT2D eigenvalue weighted by molar-refractivity contribution is 0.327. The highest BCUT2D eigenvalue weighted by atomic mass is 35.5. The Hall–Kier alpha value is -0.530. The normalized spacial score (nSPS) is 23.5. The minimum Gasteiger partial charge on any atom is -0.310 e. The molecule has 1 unspecified atom stereocenters. The molecule has 104 valence electrons. The van der Waals surface area contributed by atoms with Crippen LogP contribution in [0.25, 0.3) is 0 Å². The Morgan fingerprint density at radius 1 is 1.11 bits per heavy atom. The Morgan fingerprint density at radius 2 is 1.95 bits per heavy atom. The first-order valence-electron chi connectivity index (χ1n) is 7.84. The van der Waals surface area contributed by atoms with E-state index >= 15 is 0 Å². The first-order valence-corrected chi connectivity index (χ1v) is 8.22. The maximum Gasteiger partial charge on any atom is 0.0408 e. The van der Waals surface area contributed by atoms with Crippen LogP contribution in [0, 0.1) is 5.92 Å². The topological polar surface area (TPSA) is 12.0 Å². The lowest BCUT2D eigenvalue weighted by Crippen LogP contribution is -2.23. The van der Waals surface area contributed by atoms with Crippen LogP contribution in [0.3, 0.4) is 0 Å². The van der Waals surface area contributed by atoms with Crippen LogP contribution in [-0.4, -0.2) is 6.54 Å². The Balaban J connectivity index is 1.49. The second-order valence-electron chi connectivity index (χ2n) is 6.18. The van der Waals surface area contributed by atoms with E-state index in [-0.39, 0.29) is 0 Å². The molecule has 19 heavy (non-hydrogen) atoms. The van der Waals surface area contributed by atoms with Crippen molar-refractivity contribution in [2.24, 2.45) is 5.92 Å². The Bertz CT molecular complexity index is 423. The van der Waals surface area contributed by atoms with Crippen molar-refractivity contribution in [3.8, 4) is 0 Å². The second kappa shape index (κ2) is 6.28. The molecule has 0 aliphatic heterocycles. The molecule has 2 aliphatic carbocycles. The molecule has 1 atom stereocenters. The minimum absolute atomic E-state index is 0.566. The van der Waals surface area contributed by atoms with Crippen molar-refractivity contribution in [3.63, 3.8) is 0 Å². The van der Waals surface area contributed by atoms with Gasteiger partial charge in [0.1, 0.15) is 0 Å². The van der Waals surface area contributed by atoms with E-state index in [0.29, 0.717) is 6.04 Å². The molecule has 2 aliphatic rings. The quantitative estimate of drug-likeness (QED) is 0.826. The third-order valence-corrected chi connectivity index (χ3v) is 5.09. The first kappa shape index (κ1) is 13.5. The summed E-state index contributed by atoms with van der Waals surface area (Å²) < 4.78 is 0. The van der Waals surface area contributed by atoms with E-state index in [2.05, 4.69) is 17.4 Å². The summed E-state index contributed by atoms with van der Waals surface area (Å²) in [6, 6.07) is 6.94. The molecule has 0 heterocycles. The van der Waals surface area contributed by atoms with E-state index in [0.717, 1.165) is 10.9 Å². The van der Waals surface area contributed by atoms with Gasteiger partial charge in [-0.3, -0.25) is 0 Å². The average Bonchev–Trinajstić information content (AvgIpc) is 2.82. The van der Waals surface area contributed by atoms with Gasteiger partial charge in [0.25, 0.3) is 0 Å². The fourth-order valence-electron chi connectivity index (χ4n) is 3.74. The van der Waals surface area contributed by atoms with Crippen LogP contribution < -0.4 is 5.32 Å². The molecule has 1 aromatic carbocycles. The smallest absolute Gasteiger partial charge is 0.0408 e. The molecule has 0 spiro atoms. The van der Waals surface area contributed by atoms with Crippen LogP contribution in [0.5, 0.6) is 0 Å². The van der Waals surface area contributed by atoms with Crippen LogP contribution in [0.15, 0.2) is 18.2 Å². The predicted molar refractivity (Wildman–Crippen MR) is 81.7 cm³/mol. The lowest BCUT2D eigenvalue weighted by Gasteiger charge is -2.22. The second-order valence-corrected chi connectivity index (χ2v) is 6.62. The summed E-state index contributed by atoms with van der Waals surface area (Å²) >= 11 is 6.06. The Morgan fingerprint density at radius 3 is 2.79 bits per heavy atom. The summed E-state index contributed by atoms with van der Waals surface area (Å²) in [4.78, 5) is 0. The molecule has 1 fully saturated rings. The monoisotopic (exact) mass is 277 g/mol. The minimum atomic E-state index is 0.566.